The highest BCUT2D eigenvalue weighted by molar-refractivity contribution is 5.73. The van der Waals surface area contributed by atoms with Gasteiger partial charge in [0, 0.05) is 13.8 Å². The molecule has 0 aromatic heterocycles. The van der Waals surface area contributed by atoms with Crippen LogP contribution in [0.5, 0.6) is 0 Å². The van der Waals surface area contributed by atoms with E-state index in [0.717, 1.165) is 5.71 Å². The number of hydrogen-bond donors (Lipinski definition) is 0. The molecular formula is C6H11N2O2+. The van der Waals surface area contributed by atoms with Crippen LogP contribution in [0.3, 0.4) is 0 Å². The van der Waals surface area contributed by atoms with Crippen molar-refractivity contribution in [3.05, 3.63) is 0 Å². The van der Waals surface area contributed by atoms with Gasteiger partial charge in [0.2, 0.25) is 5.11 Å². The SMILES string of the molecule is CCOC(=O)N=[N+]=C(C)C. The Hall–Kier alpha value is -1.15. The Labute approximate surface area is 59.6 Å². The quantitative estimate of drug-likeness (QED) is 0.315. The third-order valence-corrected chi connectivity index (χ3v) is 0.599. The van der Waals surface area contributed by atoms with Gasteiger partial charge in [0.05, 0.1) is 11.4 Å². The molecule has 0 fully saturated rings. The van der Waals surface area contributed by atoms with Gasteiger partial charge in [-0.05, 0) is 6.92 Å². The van der Waals surface area contributed by atoms with Gasteiger partial charge >= 0.3 is 11.8 Å². The summed E-state index contributed by atoms with van der Waals surface area (Å²) in [4.78, 5) is 14.0. The number of carbonyl (C=O) groups is 1. The molecule has 4 nitrogen and oxygen atoms in total. The van der Waals surface area contributed by atoms with Crippen LogP contribution in [0.2, 0.25) is 0 Å². The molecule has 0 unspecified atom stereocenters. The fourth-order valence-electron chi connectivity index (χ4n) is 0.293. The lowest BCUT2D eigenvalue weighted by Gasteiger charge is -1.85. The summed E-state index contributed by atoms with van der Waals surface area (Å²) in [6.07, 6.45) is -0.635. The maximum Gasteiger partial charge on any atom is 0.509 e. The molecule has 0 aliphatic heterocycles. The summed E-state index contributed by atoms with van der Waals surface area (Å²) in [5.41, 5.74) is 0.730. The van der Waals surface area contributed by atoms with Crippen LogP contribution in [0, 0.1) is 0 Å². The van der Waals surface area contributed by atoms with Gasteiger partial charge in [0.1, 0.15) is 0 Å². The van der Waals surface area contributed by atoms with Crippen molar-refractivity contribution >= 4 is 11.8 Å². The second kappa shape index (κ2) is 4.70. The predicted molar refractivity (Wildman–Crippen MR) is 36.1 cm³/mol. The molecule has 0 saturated heterocycles. The summed E-state index contributed by atoms with van der Waals surface area (Å²) in [5.74, 6) is 0. The summed E-state index contributed by atoms with van der Waals surface area (Å²) >= 11 is 0. The van der Waals surface area contributed by atoms with E-state index in [1.54, 1.807) is 20.8 Å². The number of ether oxygens (including phenoxy) is 1. The van der Waals surface area contributed by atoms with Gasteiger partial charge in [-0.2, -0.15) is 0 Å². The van der Waals surface area contributed by atoms with Crippen molar-refractivity contribution in [3.8, 4) is 0 Å². The highest BCUT2D eigenvalue weighted by atomic mass is 16.5. The maximum atomic E-state index is 10.5. The van der Waals surface area contributed by atoms with Gasteiger partial charge in [-0.3, -0.25) is 0 Å². The van der Waals surface area contributed by atoms with Crippen LogP contribution >= 0.6 is 0 Å². The normalized spacial score (nSPS) is 7.90. The zero-order valence-corrected chi connectivity index (χ0v) is 6.42. The molecule has 10 heavy (non-hydrogen) atoms. The molecule has 0 N–H and O–H groups in total. The Morgan fingerprint density at radius 3 is 2.60 bits per heavy atom. The van der Waals surface area contributed by atoms with Crippen LogP contribution < -0.4 is 0 Å². The lowest BCUT2D eigenvalue weighted by Crippen LogP contribution is -1.97. The van der Waals surface area contributed by atoms with Crippen LogP contribution in [-0.2, 0) is 4.74 Å². The van der Waals surface area contributed by atoms with Crippen LogP contribution in [0.15, 0.2) is 5.11 Å². The van der Waals surface area contributed by atoms with Crippen LogP contribution in [-0.4, -0.2) is 23.2 Å². The zero-order valence-electron chi connectivity index (χ0n) is 6.42. The largest absolute Gasteiger partial charge is 0.509 e. The molecule has 0 saturated carbocycles. The first-order chi connectivity index (χ1) is 4.66. The molecule has 0 aromatic rings. The van der Waals surface area contributed by atoms with Gasteiger partial charge in [-0.1, -0.05) is 0 Å². The summed E-state index contributed by atoms with van der Waals surface area (Å²) in [6.45, 7) is 5.56. The first kappa shape index (κ1) is 8.85. The molecule has 0 rings (SSSR count). The summed E-state index contributed by atoms with van der Waals surface area (Å²) in [7, 11) is 0. The fraction of sp³-hybridized carbons (Fsp3) is 0.667. The van der Waals surface area contributed by atoms with Crippen LogP contribution in [0.4, 0.5) is 4.79 Å². The standard InChI is InChI=1S/C6H11N2O2/c1-4-10-6(9)8-7-5(2)3/h4H2,1-3H3/q+1. The van der Waals surface area contributed by atoms with E-state index in [1.165, 1.54) is 0 Å². The number of nitrogens with zero attached hydrogens (tertiary/aromatic N) is 2. The molecule has 0 bridgehead atoms. The zero-order chi connectivity index (χ0) is 7.98. The minimum Gasteiger partial charge on any atom is -0.444 e. The van der Waals surface area contributed by atoms with Gasteiger partial charge in [0.15, 0.2) is 0 Å². The molecular weight excluding hydrogens is 132 g/mol. The first-order valence-corrected chi connectivity index (χ1v) is 3.05. The van der Waals surface area contributed by atoms with Gasteiger partial charge < -0.3 is 4.74 Å². The lowest BCUT2D eigenvalue weighted by molar-refractivity contribution is -0.0876. The van der Waals surface area contributed by atoms with E-state index in [9.17, 15) is 4.79 Å². The molecule has 0 atom stereocenters. The van der Waals surface area contributed by atoms with Crippen molar-refractivity contribution in [1.82, 2.24) is 0 Å². The highest BCUT2D eigenvalue weighted by Crippen LogP contribution is 1.79. The topological polar surface area (TPSA) is 52.8 Å². The minimum absolute atomic E-state index is 0.334. The first-order valence-electron chi connectivity index (χ1n) is 3.05. The molecule has 0 radical (unpaired) electrons. The number of carbonyl (C=O) groups excluding carboxylic acids is 1. The molecule has 0 heterocycles. The average molecular weight is 143 g/mol. The van der Waals surface area contributed by atoms with Gasteiger partial charge in [-0.15, -0.1) is 0 Å². The van der Waals surface area contributed by atoms with E-state index in [2.05, 4.69) is 14.6 Å². The van der Waals surface area contributed by atoms with Crippen LogP contribution in [0.25, 0.3) is 0 Å². The molecule has 1 amide bonds. The van der Waals surface area contributed by atoms with E-state index >= 15 is 0 Å². The Kier molecular flexibility index (Phi) is 4.16. The second-order valence-corrected chi connectivity index (χ2v) is 1.85. The second-order valence-electron chi connectivity index (χ2n) is 1.85. The third kappa shape index (κ3) is 5.00. The smallest absolute Gasteiger partial charge is 0.444 e. The Morgan fingerprint density at radius 1 is 1.60 bits per heavy atom. The predicted octanol–water partition coefficient (Wildman–Crippen LogP) is 1.28. The minimum atomic E-state index is -0.635. The Bertz CT molecular complexity index is 176. The van der Waals surface area contributed by atoms with Gasteiger partial charge in [-0.25, -0.2) is 4.79 Å². The number of hydrogen-bond acceptors (Lipinski definition) is 2. The number of rotatable bonds is 1. The molecule has 0 aliphatic carbocycles. The van der Waals surface area contributed by atoms with Crippen molar-refractivity contribution in [2.45, 2.75) is 20.8 Å². The van der Waals surface area contributed by atoms with Crippen molar-refractivity contribution in [1.29, 1.82) is 0 Å². The monoisotopic (exact) mass is 143 g/mol. The summed E-state index contributed by atoms with van der Waals surface area (Å²) in [6, 6.07) is 0. The van der Waals surface area contributed by atoms with E-state index in [-0.39, 0.29) is 0 Å². The van der Waals surface area contributed by atoms with Crippen LogP contribution in [0.1, 0.15) is 20.8 Å². The number of amides is 1. The van der Waals surface area contributed by atoms with Crippen molar-refractivity contribution in [3.63, 3.8) is 0 Å². The van der Waals surface area contributed by atoms with E-state index in [0.29, 0.717) is 6.61 Å². The highest BCUT2D eigenvalue weighted by Gasteiger charge is 2.02. The van der Waals surface area contributed by atoms with Crippen molar-refractivity contribution in [2.24, 2.45) is 5.11 Å². The molecule has 0 spiro atoms. The van der Waals surface area contributed by atoms with Crippen molar-refractivity contribution < 1.29 is 14.3 Å². The summed E-state index contributed by atoms with van der Waals surface area (Å²) < 4.78 is 4.48. The van der Waals surface area contributed by atoms with Gasteiger partial charge in [0.25, 0.3) is 0 Å². The summed E-state index contributed by atoms with van der Waals surface area (Å²) in [5, 5.41) is 3.24. The molecule has 4 heteroatoms. The Balaban J connectivity index is 3.90. The molecule has 56 valence electrons. The maximum absolute atomic E-state index is 10.5. The van der Waals surface area contributed by atoms with E-state index in [4.69, 9.17) is 0 Å². The van der Waals surface area contributed by atoms with E-state index < -0.39 is 6.09 Å². The molecule has 0 aromatic carbocycles. The molecule has 0 aliphatic rings. The van der Waals surface area contributed by atoms with E-state index in [1.807, 2.05) is 0 Å². The average Bonchev–Trinajstić information content (AvgIpc) is 1.85. The third-order valence-electron chi connectivity index (χ3n) is 0.599. The van der Waals surface area contributed by atoms with Crippen molar-refractivity contribution in [2.75, 3.05) is 6.61 Å². The Morgan fingerprint density at radius 2 is 2.20 bits per heavy atom. The lowest BCUT2D eigenvalue weighted by atomic mass is 10.5. The fourth-order valence-corrected chi connectivity index (χ4v) is 0.293.